The van der Waals surface area contributed by atoms with Crippen molar-refractivity contribution in [3.8, 4) is 11.5 Å². The van der Waals surface area contributed by atoms with Crippen molar-refractivity contribution in [1.82, 2.24) is 19.7 Å². The Labute approximate surface area is 250 Å². The fourth-order valence-electron chi connectivity index (χ4n) is 5.16. The third-order valence-electron chi connectivity index (χ3n) is 7.63. The van der Waals surface area contributed by atoms with Crippen LogP contribution in [0.3, 0.4) is 0 Å². The van der Waals surface area contributed by atoms with Gasteiger partial charge in [0.1, 0.15) is 35.3 Å². The van der Waals surface area contributed by atoms with Crippen molar-refractivity contribution in [3.63, 3.8) is 0 Å². The molecule has 3 heterocycles. The molecule has 230 valence electrons. The average Bonchev–Trinajstić information content (AvgIpc) is 3.44. The number of aldehydes is 1. The molecule has 12 nitrogen and oxygen atoms in total. The molecule has 43 heavy (non-hydrogen) atoms. The lowest BCUT2D eigenvalue weighted by atomic mass is 9.87. The molecule has 0 saturated heterocycles. The number of pyridine rings is 1. The summed E-state index contributed by atoms with van der Waals surface area (Å²) in [5, 5.41) is 18.2. The summed E-state index contributed by atoms with van der Waals surface area (Å²) < 4.78 is 13.1. The molecule has 2 aliphatic carbocycles. The third kappa shape index (κ3) is 7.48. The maximum atomic E-state index is 13.3. The minimum Gasteiger partial charge on any atom is -0.444 e. The zero-order valence-electron chi connectivity index (χ0n) is 25.4. The van der Waals surface area contributed by atoms with Crippen molar-refractivity contribution in [3.05, 3.63) is 42.2 Å². The SMILES string of the molecule is CC(C)(C)OC(=O)N(CC1CC1)c1cc(-c2nc(C(=O)Nc3cn([C@H]4CC[C@H](C=O)CC4)nc3C(C)(C)O)co2)ccn1. The van der Waals surface area contributed by atoms with Crippen molar-refractivity contribution in [2.24, 2.45) is 11.8 Å². The van der Waals surface area contributed by atoms with Crippen LogP contribution in [0.4, 0.5) is 16.3 Å². The predicted molar refractivity (Wildman–Crippen MR) is 159 cm³/mol. The summed E-state index contributed by atoms with van der Waals surface area (Å²) in [5.41, 5.74) is -0.673. The fraction of sp³-hybridized carbons (Fsp3) is 0.548. The number of ether oxygens (including phenoxy) is 1. The van der Waals surface area contributed by atoms with Crippen LogP contribution in [0, 0.1) is 11.8 Å². The number of carbonyl (C=O) groups is 3. The number of amides is 2. The number of nitrogens with zero attached hydrogens (tertiary/aromatic N) is 5. The van der Waals surface area contributed by atoms with E-state index in [1.54, 1.807) is 43.1 Å². The number of hydrogen-bond donors (Lipinski definition) is 2. The van der Waals surface area contributed by atoms with Crippen LogP contribution < -0.4 is 10.2 Å². The van der Waals surface area contributed by atoms with Crippen molar-refractivity contribution in [2.75, 3.05) is 16.8 Å². The van der Waals surface area contributed by atoms with E-state index in [0.29, 0.717) is 35.2 Å². The van der Waals surface area contributed by atoms with Crippen molar-refractivity contribution in [2.45, 2.75) is 90.4 Å². The van der Waals surface area contributed by atoms with Gasteiger partial charge in [-0.1, -0.05) is 0 Å². The second-order valence-electron chi connectivity index (χ2n) is 13.1. The molecule has 0 aromatic carbocycles. The lowest BCUT2D eigenvalue weighted by Crippen LogP contribution is -2.38. The highest BCUT2D eigenvalue weighted by atomic mass is 16.6. The Kier molecular flexibility index (Phi) is 8.42. The average molecular weight is 593 g/mol. The van der Waals surface area contributed by atoms with Crippen LogP contribution in [0.1, 0.15) is 95.4 Å². The number of rotatable bonds is 9. The van der Waals surface area contributed by atoms with Gasteiger partial charge in [0.15, 0.2) is 5.69 Å². The number of hydrogen-bond acceptors (Lipinski definition) is 9. The Bertz CT molecular complexity index is 1470. The molecule has 0 unspecified atom stereocenters. The highest BCUT2D eigenvalue weighted by Crippen LogP contribution is 2.35. The van der Waals surface area contributed by atoms with E-state index in [9.17, 15) is 19.5 Å². The van der Waals surface area contributed by atoms with E-state index in [4.69, 9.17) is 9.15 Å². The Morgan fingerprint density at radius 2 is 1.88 bits per heavy atom. The van der Waals surface area contributed by atoms with Gasteiger partial charge in [0.25, 0.3) is 5.91 Å². The van der Waals surface area contributed by atoms with E-state index < -0.39 is 23.2 Å². The second-order valence-corrected chi connectivity index (χ2v) is 13.1. The molecular weight excluding hydrogens is 552 g/mol. The molecule has 3 aromatic rings. The first-order chi connectivity index (χ1) is 20.3. The molecule has 0 spiro atoms. The molecule has 0 bridgehead atoms. The lowest BCUT2D eigenvalue weighted by Gasteiger charge is -2.27. The summed E-state index contributed by atoms with van der Waals surface area (Å²) in [7, 11) is 0. The highest BCUT2D eigenvalue weighted by Gasteiger charge is 2.32. The van der Waals surface area contributed by atoms with Crippen molar-refractivity contribution >= 4 is 29.8 Å². The molecule has 5 rings (SSSR count). The van der Waals surface area contributed by atoms with Gasteiger partial charge in [-0.15, -0.1) is 0 Å². The summed E-state index contributed by atoms with van der Waals surface area (Å²) in [6.45, 7) is 9.17. The Hall–Kier alpha value is -4.06. The molecule has 2 N–H and O–H groups in total. The zero-order chi connectivity index (χ0) is 30.9. The normalized spacial score (nSPS) is 19.1. The van der Waals surface area contributed by atoms with Crippen molar-refractivity contribution < 1.29 is 28.6 Å². The minimum atomic E-state index is -1.31. The molecule has 2 aliphatic rings. The smallest absolute Gasteiger partial charge is 0.416 e. The van der Waals surface area contributed by atoms with Gasteiger partial charge in [-0.05, 0) is 91.2 Å². The van der Waals surface area contributed by atoms with Gasteiger partial charge >= 0.3 is 6.09 Å². The summed E-state index contributed by atoms with van der Waals surface area (Å²) in [4.78, 5) is 47.7. The van der Waals surface area contributed by atoms with E-state index in [0.717, 1.165) is 44.8 Å². The number of nitrogens with one attached hydrogen (secondary N) is 1. The Balaban J connectivity index is 1.33. The first-order valence-electron chi connectivity index (χ1n) is 14.8. The second kappa shape index (κ2) is 11.9. The maximum absolute atomic E-state index is 13.3. The van der Waals surface area contributed by atoms with Gasteiger partial charge in [-0.25, -0.2) is 14.8 Å². The molecule has 2 amide bonds. The van der Waals surface area contributed by atoms with Gasteiger partial charge in [0, 0.05) is 30.4 Å². The van der Waals surface area contributed by atoms with E-state index in [1.165, 1.54) is 11.2 Å². The number of anilines is 2. The van der Waals surface area contributed by atoms with Crippen LogP contribution in [0.5, 0.6) is 0 Å². The number of aliphatic hydroxyl groups is 1. The molecule has 0 radical (unpaired) electrons. The van der Waals surface area contributed by atoms with E-state index in [-0.39, 0.29) is 23.5 Å². The van der Waals surface area contributed by atoms with E-state index >= 15 is 0 Å². The largest absolute Gasteiger partial charge is 0.444 e. The number of carbonyl (C=O) groups excluding carboxylic acids is 3. The summed E-state index contributed by atoms with van der Waals surface area (Å²) in [6, 6.07) is 3.45. The van der Waals surface area contributed by atoms with Crippen LogP contribution in [0.15, 0.2) is 35.2 Å². The first kappa shape index (κ1) is 30.4. The van der Waals surface area contributed by atoms with Gasteiger partial charge in [0.2, 0.25) is 5.89 Å². The summed E-state index contributed by atoms with van der Waals surface area (Å²) >= 11 is 0. The Morgan fingerprint density at radius 1 is 1.16 bits per heavy atom. The fourth-order valence-corrected chi connectivity index (χ4v) is 5.16. The van der Waals surface area contributed by atoms with Gasteiger partial charge in [-0.3, -0.25) is 14.4 Å². The lowest BCUT2D eigenvalue weighted by molar-refractivity contribution is -0.112. The summed E-state index contributed by atoms with van der Waals surface area (Å²) in [6.07, 6.45) is 10.3. The van der Waals surface area contributed by atoms with Crippen LogP contribution >= 0.6 is 0 Å². The maximum Gasteiger partial charge on any atom is 0.416 e. The quantitative estimate of drug-likeness (QED) is 0.307. The molecule has 12 heteroatoms. The predicted octanol–water partition coefficient (Wildman–Crippen LogP) is 5.49. The summed E-state index contributed by atoms with van der Waals surface area (Å²) in [5.74, 6) is 0.542. The molecular formula is C31H40N6O6. The number of oxazole rings is 1. The van der Waals surface area contributed by atoms with Crippen LogP contribution in [-0.2, 0) is 15.1 Å². The Morgan fingerprint density at radius 3 is 2.51 bits per heavy atom. The van der Waals surface area contributed by atoms with E-state index in [1.807, 2.05) is 20.8 Å². The first-order valence-corrected chi connectivity index (χ1v) is 14.8. The van der Waals surface area contributed by atoms with Crippen LogP contribution in [0.2, 0.25) is 0 Å². The van der Waals surface area contributed by atoms with Crippen LogP contribution in [0.25, 0.3) is 11.5 Å². The standard InChI is InChI=1S/C31H40N6O6/c1-30(2,3)43-29(40)36(15-19-6-7-19)25-14-21(12-13-32-25)28-34-24(18-42-28)27(39)33-23-16-37(35-26(23)31(4,5)41)22-10-8-20(17-38)9-11-22/h12-14,16-20,22,41H,6-11,15H2,1-5H3,(H,33,39)/t20-,22-. The van der Waals surface area contributed by atoms with Crippen LogP contribution in [-0.4, -0.2) is 55.3 Å². The third-order valence-corrected chi connectivity index (χ3v) is 7.63. The van der Waals surface area contributed by atoms with Gasteiger partial charge in [0.05, 0.1) is 11.7 Å². The van der Waals surface area contributed by atoms with E-state index in [2.05, 4.69) is 20.4 Å². The van der Waals surface area contributed by atoms with Gasteiger partial charge < -0.3 is 24.4 Å². The molecule has 3 aromatic heterocycles. The monoisotopic (exact) mass is 592 g/mol. The molecule has 2 saturated carbocycles. The van der Waals surface area contributed by atoms with Gasteiger partial charge in [-0.2, -0.15) is 5.10 Å². The van der Waals surface area contributed by atoms with Crippen molar-refractivity contribution in [1.29, 1.82) is 0 Å². The highest BCUT2D eigenvalue weighted by molar-refractivity contribution is 6.03. The number of aromatic nitrogens is 4. The molecule has 0 atom stereocenters. The molecule has 2 fully saturated rings. The topological polar surface area (TPSA) is 153 Å². The minimum absolute atomic E-state index is 0.0382. The zero-order valence-corrected chi connectivity index (χ0v) is 25.4. The molecule has 0 aliphatic heterocycles.